The first-order valence-electron chi connectivity index (χ1n) is 9.11. The van der Waals surface area contributed by atoms with Crippen LogP contribution in [0.5, 0.6) is 0 Å². The van der Waals surface area contributed by atoms with Crippen LogP contribution < -0.4 is 20.9 Å². The number of urea groups is 1. The SMILES string of the molecule is O=C(Nc1ccc2c(c1F)CCNC2)c1cccc(N2CCCNC2=O)c1. The molecule has 3 N–H and O–H groups in total. The summed E-state index contributed by atoms with van der Waals surface area (Å²) in [5.74, 6) is -0.768. The van der Waals surface area contributed by atoms with Gasteiger partial charge in [0.25, 0.3) is 5.91 Å². The van der Waals surface area contributed by atoms with Crippen LogP contribution in [0.3, 0.4) is 0 Å². The molecule has 1 fully saturated rings. The van der Waals surface area contributed by atoms with E-state index in [4.69, 9.17) is 0 Å². The maximum Gasteiger partial charge on any atom is 0.321 e. The van der Waals surface area contributed by atoms with E-state index < -0.39 is 5.91 Å². The van der Waals surface area contributed by atoms with Gasteiger partial charge in [0.2, 0.25) is 0 Å². The Kier molecular flexibility index (Phi) is 4.77. The predicted molar refractivity (Wildman–Crippen MR) is 102 cm³/mol. The summed E-state index contributed by atoms with van der Waals surface area (Å²) in [5, 5.41) is 8.66. The van der Waals surface area contributed by atoms with E-state index in [-0.39, 0.29) is 17.5 Å². The third-order valence-corrected chi connectivity index (χ3v) is 4.96. The van der Waals surface area contributed by atoms with Crippen LogP contribution in [0.15, 0.2) is 36.4 Å². The van der Waals surface area contributed by atoms with Crippen LogP contribution >= 0.6 is 0 Å². The lowest BCUT2D eigenvalue weighted by Crippen LogP contribution is -2.46. The van der Waals surface area contributed by atoms with Crippen molar-refractivity contribution in [2.45, 2.75) is 19.4 Å². The number of fused-ring (bicyclic) bond motifs is 1. The first kappa shape index (κ1) is 17.5. The molecule has 2 aromatic rings. The van der Waals surface area contributed by atoms with Gasteiger partial charge in [0.15, 0.2) is 0 Å². The van der Waals surface area contributed by atoms with Crippen molar-refractivity contribution in [1.82, 2.24) is 10.6 Å². The summed E-state index contributed by atoms with van der Waals surface area (Å²) in [6, 6.07) is 10.1. The molecular formula is C20H21FN4O2. The largest absolute Gasteiger partial charge is 0.338 e. The summed E-state index contributed by atoms with van der Waals surface area (Å²) >= 11 is 0. The molecule has 0 aromatic heterocycles. The number of amides is 3. The zero-order valence-electron chi connectivity index (χ0n) is 14.8. The molecule has 6 nitrogen and oxygen atoms in total. The van der Waals surface area contributed by atoms with Gasteiger partial charge in [-0.05, 0) is 54.8 Å². The van der Waals surface area contributed by atoms with Crippen LogP contribution in [0.4, 0.5) is 20.6 Å². The lowest BCUT2D eigenvalue weighted by atomic mass is 9.99. The number of anilines is 2. The molecule has 27 heavy (non-hydrogen) atoms. The van der Waals surface area contributed by atoms with Gasteiger partial charge < -0.3 is 16.0 Å². The molecule has 2 aliphatic heterocycles. The number of nitrogens with one attached hydrogen (secondary N) is 3. The smallest absolute Gasteiger partial charge is 0.321 e. The molecule has 140 valence electrons. The third kappa shape index (κ3) is 3.50. The Bertz CT molecular complexity index is 900. The molecule has 0 aliphatic carbocycles. The Hall–Kier alpha value is -2.93. The Labute approximate surface area is 156 Å². The molecule has 2 heterocycles. The van der Waals surface area contributed by atoms with Gasteiger partial charge in [-0.2, -0.15) is 0 Å². The Morgan fingerprint density at radius 1 is 1.19 bits per heavy atom. The monoisotopic (exact) mass is 368 g/mol. The molecule has 0 unspecified atom stereocenters. The van der Waals surface area contributed by atoms with Crippen LogP contribution in [0, 0.1) is 5.82 Å². The lowest BCUT2D eigenvalue weighted by molar-refractivity contribution is 0.102. The summed E-state index contributed by atoms with van der Waals surface area (Å²) in [6.07, 6.45) is 1.45. The molecule has 0 saturated carbocycles. The predicted octanol–water partition coefficient (Wildman–Crippen LogP) is 2.64. The molecule has 1 saturated heterocycles. The minimum absolute atomic E-state index is 0.173. The van der Waals surface area contributed by atoms with E-state index >= 15 is 0 Å². The lowest BCUT2D eigenvalue weighted by Gasteiger charge is -2.27. The highest BCUT2D eigenvalue weighted by Crippen LogP contribution is 2.25. The van der Waals surface area contributed by atoms with Gasteiger partial charge in [0.1, 0.15) is 5.82 Å². The van der Waals surface area contributed by atoms with Gasteiger partial charge in [-0.1, -0.05) is 12.1 Å². The molecule has 7 heteroatoms. The van der Waals surface area contributed by atoms with Crippen molar-refractivity contribution in [2.75, 3.05) is 29.9 Å². The van der Waals surface area contributed by atoms with Gasteiger partial charge in [-0.25, -0.2) is 9.18 Å². The zero-order chi connectivity index (χ0) is 18.8. The molecule has 4 rings (SSSR count). The fourth-order valence-corrected chi connectivity index (χ4v) is 3.52. The van der Waals surface area contributed by atoms with E-state index in [0.29, 0.717) is 42.9 Å². The van der Waals surface area contributed by atoms with Crippen LogP contribution in [0.1, 0.15) is 27.9 Å². The van der Waals surface area contributed by atoms with Crippen LogP contribution in [-0.4, -0.2) is 31.6 Å². The van der Waals surface area contributed by atoms with Crippen molar-refractivity contribution in [3.05, 3.63) is 58.9 Å². The van der Waals surface area contributed by atoms with Crippen molar-refractivity contribution in [3.63, 3.8) is 0 Å². The second kappa shape index (κ2) is 7.36. The first-order valence-corrected chi connectivity index (χ1v) is 9.11. The van der Waals surface area contributed by atoms with E-state index in [0.717, 1.165) is 18.5 Å². The number of rotatable bonds is 3. The summed E-state index contributed by atoms with van der Waals surface area (Å²) in [4.78, 5) is 26.3. The summed E-state index contributed by atoms with van der Waals surface area (Å²) in [5.41, 5.74) is 2.79. The van der Waals surface area contributed by atoms with Crippen molar-refractivity contribution in [2.24, 2.45) is 0 Å². The van der Waals surface area contributed by atoms with Gasteiger partial charge >= 0.3 is 6.03 Å². The van der Waals surface area contributed by atoms with E-state index in [9.17, 15) is 14.0 Å². The van der Waals surface area contributed by atoms with E-state index in [1.54, 1.807) is 35.2 Å². The summed E-state index contributed by atoms with van der Waals surface area (Å²) < 4.78 is 14.7. The molecule has 0 bridgehead atoms. The standard InChI is InChI=1S/C20H21FN4O2/c21-18-16-7-9-22-12-14(16)5-6-17(18)24-19(26)13-3-1-4-15(11-13)25-10-2-8-23-20(25)27/h1,3-6,11,22H,2,7-10,12H2,(H,23,27)(H,24,26). The molecule has 0 spiro atoms. The third-order valence-electron chi connectivity index (χ3n) is 4.96. The maximum atomic E-state index is 14.7. The van der Waals surface area contributed by atoms with Gasteiger partial charge in [0, 0.05) is 30.9 Å². The molecule has 0 atom stereocenters. The highest BCUT2D eigenvalue weighted by Gasteiger charge is 2.21. The molecule has 2 aliphatic rings. The Morgan fingerprint density at radius 3 is 2.93 bits per heavy atom. The van der Waals surface area contributed by atoms with E-state index in [1.807, 2.05) is 6.07 Å². The quantitative estimate of drug-likeness (QED) is 0.780. The number of benzene rings is 2. The van der Waals surface area contributed by atoms with Crippen molar-refractivity contribution < 1.29 is 14.0 Å². The van der Waals surface area contributed by atoms with E-state index in [2.05, 4.69) is 16.0 Å². The minimum atomic E-state index is -0.401. The molecule has 0 radical (unpaired) electrons. The fraction of sp³-hybridized carbons (Fsp3) is 0.300. The van der Waals surface area contributed by atoms with Gasteiger partial charge in [-0.3, -0.25) is 9.69 Å². The highest BCUT2D eigenvalue weighted by molar-refractivity contribution is 6.05. The molecular weight excluding hydrogens is 347 g/mol. The number of hydrogen-bond acceptors (Lipinski definition) is 3. The fourth-order valence-electron chi connectivity index (χ4n) is 3.52. The van der Waals surface area contributed by atoms with Crippen LogP contribution in [0.25, 0.3) is 0 Å². The number of carbonyl (C=O) groups excluding carboxylic acids is 2. The maximum absolute atomic E-state index is 14.7. The number of hydrogen-bond donors (Lipinski definition) is 3. The van der Waals surface area contributed by atoms with Crippen LogP contribution in [0.2, 0.25) is 0 Å². The van der Waals surface area contributed by atoms with Gasteiger partial charge in [-0.15, -0.1) is 0 Å². The zero-order valence-corrected chi connectivity index (χ0v) is 14.8. The average Bonchev–Trinajstić information content (AvgIpc) is 2.71. The number of carbonyl (C=O) groups is 2. The Balaban J connectivity index is 1.55. The van der Waals surface area contributed by atoms with Crippen molar-refractivity contribution in [3.8, 4) is 0 Å². The minimum Gasteiger partial charge on any atom is -0.338 e. The van der Waals surface area contributed by atoms with Crippen molar-refractivity contribution in [1.29, 1.82) is 0 Å². The van der Waals surface area contributed by atoms with Crippen LogP contribution in [-0.2, 0) is 13.0 Å². The average molecular weight is 368 g/mol. The Morgan fingerprint density at radius 2 is 2.07 bits per heavy atom. The number of nitrogens with zero attached hydrogens (tertiary/aromatic N) is 1. The molecule has 3 amide bonds. The summed E-state index contributed by atoms with van der Waals surface area (Å²) in [7, 11) is 0. The highest BCUT2D eigenvalue weighted by atomic mass is 19.1. The second-order valence-electron chi connectivity index (χ2n) is 6.73. The first-order chi connectivity index (χ1) is 13.1. The van der Waals surface area contributed by atoms with Crippen molar-refractivity contribution >= 4 is 23.3 Å². The number of halogens is 1. The normalized spacial score (nSPS) is 16.5. The van der Waals surface area contributed by atoms with E-state index in [1.165, 1.54) is 0 Å². The summed E-state index contributed by atoms with van der Waals surface area (Å²) in [6.45, 7) is 2.62. The van der Waals surface area contributed by atoms with Gasteiger partial charge in [0.05, 0.1) is 5.69 Å². The second-order valence-corrected chi connectivity index (χ2v) is 6.73. The molecule has 2 aromatic carbocycles. The topological polar surface area (TPSA) is 73.5 Å².